The predicted molar refractivity (Wildman–Crippen MR) is 98.0 cm³/mol. The SMILES string of the molecule is CN(C(=N)N)C(=O)NCc1ccc(Oc2ccccc2)c(S(C)(=O)=O)c1. The van der Waals surface area contributed by atoms with E-state index in [1.807, 2.05) is 6.07 Å². The van der Waals surface area contributed by atoms with Gasteiger partial charge in [0.25, 0.3) is 0 Å². The number of nitrogens with one attached hydrogen (secondary N) is 2. The van der Waals surface area contributed by atoms with E-state index in [1.165, 1.54) is 13.1 Å². The van der Waals surface area contributed by atoms with Gasteiger partial charge in [-0.3, -0.25) is 10.3 Å². The third kappa shape index (κ3) is 4.96. The van der Waals surface area contributed by atoms with Crippen LogP contribution in [0.1, 0.15) is 5.56 Å². The molecule has 0 fully saturated rings. The summed E-state index contributed by atoms with van der Waals surface area (Å²) in [4.78, 5) is 12.8. The summed E-state index contributed by atoms with van der Waals surface area (Å²) in [6.07, 6.45) is 1.09. The molecule has 0 bridgehead atoms. The van der Waals surface area contributed by atoms with Crippen molar-refractivity contribution in [2.45, 2.75) is 11.4 Å². The minimum atomic E-state index is -3.55. The number of carbonyl (C=O) groups is 1. The maximum absolute atomic E-state index is 12.1. The molecule has 0 unspecified atom stereocenters. The van der Waals surface area contributed by atoms with E-state index < -0.39 is 21.8 Å². The number of guanidine groups is 1. The number of amides is 2. The van der Waals surface area contributed by atoms with Gasteiger partial charge in [-0.05, 0) is 29.8 Å². The Balaban J connectivity index is 2.23. The van der Waals surface area contributed by atoms with E-state index in [9.17, 15) is 13.2 Å². The van der Waals surface area contributed by atoms with Crippen molar-refractivity contribution in [1.82, 2.24) is 10.2 Å². The number of para-hydroxylation sites is 1. The second-order valence-electron chi connectivity index (χ2n) is 5.57. The van der Waals surface area contributed by atoms with Crippen LogP contribution in [0.5, 0.6) is 11.5 Å². The second kappa shape index (κ2) is 7.87. The third-order valence-corrected chi connectivity index (χ3v) is 4.61. The first-order valence-corrected chi connectivity index (χ1v) is 9.49. The Morgan fingerprint density at radius 3 is 2.46 bits per heavy atom. The lowest BCUT2D eigenvalue weighted by atomic mass is 10.2. The molecule has 8 nitrogen and oxygen atoms in total. The van der Waals surface area contributed by atoms with Gasteiger partial charge in [0, 0.05) is 19.8 Å². The molecule has 0 aliphatic carbocycles. The van der Waals surface area contributed by atoms with E-state index in [2.05, 4.69) is 5.32 Å². The summed E-state index contributed by atoms with van der Waals surface area (Å²) in [5.41, 5.74) is 5.80. The van der Waals surface area contributed by atoms with Crippen molar-refractivity contribution in [2.75, 3.05) is 13.3 Å². The van der Waals surface area contributed by atoms with Gasteiger partial charge < -0.3 is 15.8 Å². The topological polar surface area (TPSA) is 126 Å². The highest BCUT2D eigenvalue weighted by molar-refractivity contribution is 7.90. The molecule has 0 atom stereocenters. The van der Waals surface area contributed by atoms with Gasteiger partial charge in [-0.25, -0.2) is 13.2 Å². The number of benzene rings is 2. The molecule has 0 spiro atoms. The van der Waals surface area contributed by atoms with Crippen LogP contribution in [0.15, 0.2) is 53.4 Å². The highest BCUT2D eigenvalue weighted by Crippen LogP contribution is 2.29. The molecule has 0 aromatic heterocycles. The average molecular weight is 376 g/mol. The van der Waals surface area contributed by atoms with Crippen LogP contribution in [0.3, 0.4) is 0 Å². The molecule has 138 valence electrons. The third-order valence-electron chi connectivity index (χ3n) is 3.49. The fourth-order valence-corrected chi connectivity index (χ4v) is 2.90. The zero-order chi connectivity index (χ0) is 19.3. The van der Waals surface area contributed by atoms with E-state index in [0.29, 0.717) is 11.3 Å². The number of ether oxygens (including phenoxy) is 1. The molecule has 0 saturated carbocycles. The van der Waals surface area contributed by atoms with Crippen LogP contribution in [0, 0.1) is 5.41 Å². The van der Waals surface area contributed by atoms with Gasteiger partial charge in [-0.2, -0.15) is 0 Å². The Morgan fingerprint density at radius 1 is 1.23 bits per heavy atom. The average Bonchev–Trinajstić information content (AvgIpc) is 2.59. The molecule has 2 amide bonds. The van der Waals surface area contributed by atoms with Gasteiger partial charge in [0.05, 0.1) is 0 Å². The summed E-state index contributed by atoms with van der Waals surface area (Å²) in [6.45, 7) is 0.0740. The number of hydrogen-bond donors (Lipinski definition) is 3. The Labute approximate surface area is 152 Å². The lowest BCUT2D eigenvalue weighted by Gasteiger charge is -2.16. The fraction of sp³-hybridized carbons (Fsp3) is 0.176. The molecule has 2 rings (SSSR count). The maximum Gasteiger partial charge on any atom is 0.324 e. The van der Waals surface area contributed by atoms with Crippen LogP contribution in [-0.2, 0) is 16.4 Å². The molecule has 4 N–H and O–H groups in total. The van der Waals surface area contributed by atoms with Crippen LogP contribution in [-0.4, -0.2) is 38.6 Å². The minimum Gasteiger partial charge on any atom is -0.456 e. The maximum atomic E-state index is 12.1. The molecular formula is C17H20N4O4S. The van der Waals surface area contributed by atoms with Crippen LogP contribution in [0.25, 0.3) is 0 Å². The summed E-state index contributed by atoms with van der Waals surface area (Å²) in [6, 6.07) is 12.9. The highest BCUT2D eigenvalue weighted by atomic mass is 32.2. The summed E-state index contributed by atoms with van der Waals surface area (Å²) in [7, 11) is -2.19. The van der Waals surface area contributed by atoms with E-state index in [4.69, 9.17) is 15.9 Å². The van der Waals surface area contributed by atoms with Crippen molar-refractivity contribution in [2.24, 2.45) is 5.73 Å². The number of hydrogen-bond acceptors (Lipinski definition) is 5. The van der Waals surface area contributed by atoms with Crippen molar-refractivity contribution in [3.05, 3.63) is 54.1 Å². The molecule has 2 aromatic rings. The van der Waals surface area contributed by atoms with Crippen molar-refractivity contribution in [1.29, 1.82) is 5.41 Å². The number of rotatable bonds is 5. The molecule has 0 radical (unpaired) electrons. The van der Waals surface area contributed by atoms with Gasteiger partial charge in [-0.15, -0.1) is 0 Å². The summed E-state index contributed by atoms with van der Waals surface area (Å²) in [5.74, 6) is 0.321. The first-order chi connectivity index (χ1) is 12.2. The second-order valence-corrected chi connectivity index (χ2v) is 7.56. The van der Waals surface area contributed by atoms with Crippen molar-refractivity contribution >= 4 is 21.8 Å². The van der Waals surface area contributed by atoms with Crippen LogP contribution in [0.4, 0.5) is 4.79 Å². The number of urea groups is 1. The standard InChI is InChI=1S/C17H20N4O4S/c1-21(16(18)19)17(22)20-11-12-8-9-14(15(10-12)26(2,23)24)25-13-6-4-3-5-7-13/h3-10H,11H2,1-2H3,(H3,18,19)(H,20,22). The molecule has 0 aliphatic heterocycles. The summed E-state index contributed by atoms with van der Waals surface area (Å²) in [5, 5.41) is 9.77. The van der Waals surface area contributed by atoms with Crippen molar-refractivity contribution < 1.29 is 17.9 Å². The monoisotopic (exact) mass is 376 g/mol. The van der Waals surface area contributed by atoms with E-state index >= 15 is 0 Å². The number of nitrogens with two attached hydrogens (primary N) is 1. The van der Waals surface area contributed by atoms with Crippen molar-refractivity contribution in [3.63, 3.8) is 0 Å². The van der Waals surface area contributed by atoms with Gasteiger partial charge >= 0.3 is 6.03 Å². The molecule has 2 aromatic carbocycles. The minimum absolute atomic E-state index is 0.0213. The van der Waals surface area contributed by atoms with E-state index in [0.717, 1.165) is 11.2 Å². The number of carbonyl (C=O) groups excluding carboxylic acids is 1. The molecule has 0 heterocycles. The highest BCUT2D eigenvalue weighted by Gasteiger charge is 2.17. The molecule has 26 heavy (non-hydrogen) atoms. The first kappa shape index (κ1) is 19.3. The Bertz CT molecular complexity index is 914. The van der Waals surface area contributed by atoms with Gasteiger partial charge in [0.15, 0.2) is 15.8 Å². The Morgan fingerprint density at radius 2 is 1.88 bits per heavy atom. The van der Waals surface area contributed by atoms with Crippen LogP contribution < -0.4 is 15.8 Å². The number of nitrogens with zero attached hydrogens (tertiary/aromatic N) is 1. The Hall–Kier alpha value is -3.07. The van der Waals surface area contributed by atoms with Crippen LogP contribution in [0.2, 0.25) is 0 Å². The molecule has 0 saturated heterocycles. The van der Waals surface area contributed by atoms with E-state index in [-0.39, 0.29) is 17.2 Å². The van der Waals surface area contributed by atoms with Crippen molar-refractivity contribution in [3.8, 4) is 11.5 Å². The Kier molecular flexibility index (Phi) is 5.83. The van der Waals surface area contributed by atoms with Gasteiger partial charge in [0.2, 0.25) is 0 Å². The lowest BCUT2D eigenvalue weighted by Crippen LogP contribution is -2.43. The fourth-order valence-electron chi connectivity index (χ4n) is 2.06. The predicted octanol–water partition coefficient (Wildman–Crippen LogP) is 1.92. The lowest BCUT2D eigenvalue weighted by molar-refractivity contribution is 0.225. The smallest absolute Gasteiger partial charge is 0.324 e. The zero-order valence-electron chi connectivity index (χ0n) is 14.4. The molecule has 0 aliphatic rings. The molecular weight excluding hydrogens is 356 g/mol. The zero-order valence-corrected chi connectivity index (χ0v) is 15.2. The van der Waals surface area contributed by atoms with Crippen LogP contribution >= 0.6 is 0 Å². The molecule has 9 heteroatoms. The number of sulfone groups is 1. The summed E-state index contributed by atoms with van der Waals surface area (Å²) < 4.78 is 29.9. The normalized spacial score (nSPS) is 10.8. The van der Waals surface area contributed by atoms with Gasteiger partial charge in [-0.1, -0.05) is 24.3 Å². The largest absolute Gasteiger partial charge is 0.456 e. The quantitative estimate of drug-likeness (QED) is 0.543. The van der Waals surface area contributed by atoms with E-state index in [1.54, 1.807) is 36.4 Å². The van der Waals surface area contributed by atoms with Gasteiger partial charge in [0.1, 0.15) is 16.4 Å². The summed E-state index contributed by atoms with van der Waals surface area (Å²) >= 11 is 0. The first-order valence-electron chi connectivity index (χ1n) is 7.60.